The van der Waals surface area contributed by atoms with Crippen LogP contribution in [-0.2, 0) is 4.79 Å². The first-order chi connectivity index (χ1) is 9.54. The van der Waals surface area contributed by atoms with Crippen LogP contribution in [0, 0.1) is 6.92 Å². The summed E-state index contributed by atoms with van der Waals surface area (Å²) in [6.07, 6.45) is 1.64. The van der Waals surface area contributed by atoms with Gasteiger partial charge in [0, 0.05) is 15.7 Å². The highest BCUT2D eigenvalue weighted by Gasteiger charge is 2.06. The lowest BCUT2D eigenvalue weighted by atomic mass is 10.3. The van der Waals surface area contributed by atoms with Crippen molar-refractivity contribution in [2.75, 3.05) is 11.9 Å². The van der Waals surface area contributed by atoms with Gasteiger partial charge >= 0.3 is 0 Å². The minimum absolute atomic E-state index is 0.0849. The summed E-state index contributed by atoms with van der Waals surface area (Å²) in [4.78, 5) is 15.8. The Morgan fingerprint density at radius 1 is 1.40 bits per heavy atom. The van der Waals surface area contributed by atoms with Gasteiger partial charge < -0.3 is 10.1 Å². The largest absolute Gasteiger partial charge is 0.484 e. The number of rotatable bonds is 4. The summed E-state index contributed by atoms with van der Waals surface area (Å²) in [6.45, 7) is 1.84. The number of aromatic nitrogens is 1. The van der Waals surface area contributed by atoms with E-state index in [2.05, 4.69) is 26.2 Å². The van der Waals surface area contributed by atoms with Gasteiger partial charge in [-0.3, -0.25) is 4.79 Å². The van der Waals surface area contributed by atoms with E-state index in [0.717, 1.165) is 10.0 Å². The second-order valence-electron chi connectivity index (χ2n) is 4.11. The van der Waals surface area contributed by atoms with Crippen molar-refractivity contribution in [3.63, 3.8) is 0 Å². The molecule has 0 fully saturated rings. The monoisotopic (exact) mass is 354 g/mol. The first kappa shape index (κ1) is 14.8. The Bertz CT molecular complexity index is 617. The second kappa shape index (κ2) is 6.72. The van der Waals surface area contributed by atoms with Gasteiger partial charge in [0.25, 0.3) is 5.91 Å². The van der Waals surface area contributed by atoms with Crippen LogP contribution in [0.15, 0.2) is 41.0 Å². The van der Waals surface area contributed by atoms with E-state index in [0.29, 0.717) is 16.6 Å². The highest BCUT2D eigenvalue weighted by Crippen LogP contribution is 2.17. The number of nitrogens with one attached hydrogen (secondary N) is 1. The molecule has 1 aromatic heterocycles. The molecule has 0 saturated heterocycles. The summed E-state index contributed by atoms with van der Waals surface area (Å²) >= 11 is 9.11. The van der Waals surface area contributed by atoms with Gasteiger partial charge in [-0.05, 0) is 58.7 Å². The van der Waals surface area contributed by atoms with Crippen LogP contribution in [0.25, 0.3) is 0 Å². The molecule has 0 radical (unpaired) electrons. The molecule has 1 amide bonds. The Morgan fingerprint density at radius 2 is 2.10 bits per heavy atom. The molecule has 0 aliphatic rings. The van der Waals surface area contributed by atoms with E-state index >= 15 is 0 Å². The molecule has 2 aromatic rings. The van der Waals surface area contributed by atoms with Gasteiger partial charge in [0.05, 0.1) is 0 Å². The summed E-state index contributed by atoms with van der Waals surface area (Å²) < 4.78 is 6.24. The van der Waals surface area contributed by atoms with Crippen LogP contribution in [0.2, 0.25) is 5.02 Å². The minimum atomic E-state index is -0.269. The maximum Gasteiger partial charge on any atom is 0.263 e. The van der Waals surface area contributed by atoms with E-state index < -0.39 is 0 Å². The van der Waals surface area contributed by atoms with Crippen LogP contribution in [0.3, 0.4) is 0 Å². The van der Waals surface area contributed by atoms with Gasteiger partial charge in [0.1, 0.15) is 11.6 Å². The molecule has 1 aromatic carbocycles. The summed E-state index contributed by atoms with van der Waals surface area (Å²) in [6, 6.07) is 8.60. The summed E-state index contributed by atoms with van der Waals surface area (Å²) in [5, 5.41) is 3.29. The molecule has 0 atom stereocenters. The van der Waals surface area contributed by atoms with Crippen LogP contribution < -0.4 is 10.1 Å². The number of nitrogens with zero attached hydrogens (tertiary/aromatic N) is 1. The highest BCUT2D eigenvalue weighted by molar-refractivity contribution is 9.10. The number of benzene rings is 1. The Hall–Kier alpha value is -1.59. The van der Waals surface area contributed by atoms with Crippen molar-refractivity contribution in [3.05, 3.63) is 51.6 Å². The number of anilines is 1. The summed E-state index contributed by atoms with van der Waals surface area (Å²) in [5.41, 5.74) is 0.994. The molecule has 1 N–H and O–H groups in total. The van der Waals surface area contributed by atoms with Crippen LogP contribution >= 0.6 is 27.5 Å². The van der Waals surface area contributed by atoms with E-state index in [1.54, 1.807) is 36.5 Å². The van der Waals surface area contributed by atoms with Crippen molar-refractivity contribution in [1.29, 1.82) is 0 Å². The number of carbonyl (C=O) groups excluding carboxylic acids is 1. The third kappa shape index (κ3) is 4.21. The minimum Gasteiger partial charge on any atom is -0.484 e. The van der Waals surface area contributed by atoms with E-state index in [9.17, 15) is 4.79 Å². The van der Waals surface area contributed by atoms with Crippen LogP contribution in [0.4, 0.5) is 5.82 Å². The van der Waals surface area contributed by atoms with Crippen molar-refractivity contribution in [1.82, 2.24) is 4.98 Å². The molecule has 20 heavy (non-hydrogen) atoms. The molecule has 2 rings (SSSR count). The molecular weight excluding hydrogens is 344 g/mol. The van der Waals surface area contributed by atoms with Crippen molar-refractivity contribution < 1.29 is 9.53 Å². The zero-order chi connectivity index (χ0) is 14.5. The molecule has 4 nitrogen and oxygen atoms in total. The van der Waals surface area contributed by atoms with Crippen molar-refractivity contribution in [3.8, 4) is 5.75 Å². The number of hydrogen-bond acceptors (Lipinski definition) is 3. The van der Waals surface area contributed by atoms with Crippen LogP contribution in [0.1, 0.15) is 5.56 Å². The Labute approximate surface area is 130 Å². The predicted molar refractivity (Wildman–Crippen MR) is 82.3 cm³/mol. The van der Waals surface area contributed by atoms with Crippen molar-refractivity contribution in [2.45, 2.75) is 6.92 Å². The Balaban J connectivity index is 1.89. The molecular formula is C14H12BrClN2O2. The van der Waals surface area contributed by atoms with Crippen LogP contribution in [-0.4, -0.2) is 17.5 Å². The molecule has 0 aliphatic carbocycles. The van der Waals surface area contributed by atoms with E-state index in [1.165, 1.54) is 0 Å². The fourth-order valence-electron chi connectivity index (χ4n) is 1.47. The standard InChI is InChI=1S/C14H12BrClN2O2/c1-9-6-13(17-7-12(9)15)18-14(19)8-20-11-4-2-10(16)3-5-11/h2-7H,8H2,1H3,(H,17,18,19). The molecule has 0 aliphatic heterocycles. The number of amides is 1. The van der Waals surface area contributed by atoms with E-state index in [1.807, 2.05) is 6.92 Å². The van der Waals surface area contributed by atoms with Gasteiger partial charge in [-0.2, -0.15) is 0 Å². The first-order valence-corrected chi connectivity index (χ1v) is 7.02. The van der Waals surface area contributed by atoms with Gasteiger partial charge in [-0.1, -0.05) is 11.6 Å². The quantitative estimate of drug-likeness (QED) is 0.907. The maximum absolute atomic E-state index is 11.7. The SMILES string of the molecule is Cc1cc(NC(=O)COc2ccc(Cl)cc2)ncc1Br. The zero-order valence-corrected chi connectivity index (χ0v) is 13.0. The third-order valence-electron chi connectivity index (χ3n) is 2.50. The molecule has 0 bridgehead atoms. The average molecular weight is 356 g/mol. The molecule has 6 heteroatoms. The number of ether oxygens (including phenoxy) is 1. The van der Waals surface area contributed by atoms with Crippen LogP contribution in [0.5, 0.6) is 5.75 Å². The van der Waals surface area contributed by atoms with E-state index in [-0.39, 0.29) is 12.5 Å². The predicted octanol–water partition coefficient (Wildman–Crippen LogP) is 3.82. The lowest BCUT2D eigenvalue weighted by Gasteiger charge is -2.08. The lowest BCUT2D eigenvalue weighted by Crippen LogP contribution is -2.20. The van der Waals surface area contributed by atoms with Crippen molar-refractivity contribution >= 4 is 39.3 Å². The maximum atomic E-state index is 11.7. The first-order valence-electron chi connectivity index (χ1n) is 5.85. The molecule has 0 spiro atoms. The number of hydrogen-bond donors (Lipinski definition) is 1. The van der Waals surface area contributed by atoms with Gasteiger partial charge in [-0.25, -0.2) is 4.98 Å². The zero-order valence-electron chi connectivity index (χ0n) is 10.7. The van der Waals surface area contributed by atoms with Gasteiger partial charge in [0.15, 0.2) is 6.61 Å². The summed E-state index contributed by atoms with van der Waals surface area (Å²) in [5.74, 6) is 0.814. The fraction of sp³-hybridized carbons (Fsp3) is 0.143. The Kier molecular flexibility index (Phi) is 4.98. The fourth-order valence-corrected chi connectivity index (χ4v) is 1.81. The lowest BCUT2D eigenvalue weighted by molar-refractivity contribution is -0.118. The van der Waals surface area contributed by atoms with Gasteiger partial charge in [0.2, 0.25) is 0 Å². The van der Waals surface area contributed by atoms with E-state index in [4.69, 9.17) is 16.3 Å². The molecule has 0 saturated carbocycles. The number of carbonyl (C=O) groups is 1. The Morgan fingerprint density at radius 3 is 2.75 bits per heavy atom. The smallest absolute Gasteiger partial charge is 0.263 e. The normalized spacial score (nSPS) is 10.2. The number of pyridine rings is 1. The molecule has 1 heterocycles. The van der Waals surface area contributed by atoms with Crippen molar-refractivity contribution in [2.24, 2.45) is 0 Å². The van der Waals surface area contributed by atoms with Gasteiger partial charge in [-0.15, -0.1) is 0 Å². The molecule has 0 unspecified atom stereocenters. The number of halogens is 2. The molecule has 104 valence electrons. The number of aryl methyl sites for hydroxylation is 1. The highest BCUT2D eigenvalue weighted by atomic mass is 79.9. The summed E-state index contributed by atoms with van der Waals surface area (Å²) in [7, 11) is 0. The third-order valence-corrected chi connectivity index (χ3v) is 3.58. The second-order valence-corrected chi connectivity index (χ2v) is 5.40. The topological polar surface area (TPSA) is 51.2 Å². The average Bonchev–Trinajstić information content (AvgIpc) is 2.42.